The van der Waals surface area contributed by atoms with Crippen molar-refractivity contribution in [3.63, 3.8) is 0 Å². The normalized spacial score (nSPS) is 18.1. The fraction of sp³-hybridized carbons (Fsp3) is 0.400. The first-order valence-corrected chi connectivity index (χ1v) is 10.9. The van der Waals surface area contributed by atoms with E-state index in [2.05, 4.69) is 16.5 Å². The number of piperidine rings is 1. The van der Waals surface area contributed by atoms with Crippen LogP contribution in [0.25, 0.3) is 16.8 Å². The molecule has 0 aliphatic carbocycles. The quantitative estimate of drug-likeness (QED) is 0.727. The van der Waals surface area contributed by atoms with Gasteiger partial charge in [-0.15, -0.1) is 0 Å². The predicted molar refractivity (Wildman–Crippen MR) is 111 cm³/mol. The van der Waals surface area contributed by atoms with Gasteiger partial charge in [-0.2, -0.15) is 5.10 Å². The molecule has 8 heteroatoms. The molecule has 1 aromatic carbocycles. The molecule has 0 amide bonds. The SMILES string of the molecule is Cc1cc(C2CCCNC2)nc2c(-c3ccc(S(=O)(=O)N(C)C)cc3)cnn12.[HH]. The van der Waals surface area contributed by atoms with Crippen molar-refractivity contribution >= 4 is 15.7 Å². The molecule has 1 fully saturated rings. The smallest absolute Gasteiger partial charge is 0.242 e. The molecule has 1 unspecified atom stereocenters. The van der Waals surface area contributed by atoms with Crippen LogP contribution < -0.4 is 5.32 Å². The number of benzene rings is 1. The van der Waals surface area contributed by atoms with E-state index in [9.17, 15) is 8.42 Å². The number of hydrogen-bond acceptors (Lipinski definition) is 5. The van der Waals surface area contributed by atoms with Gasteiger partial charge in [-0.3, -0.25) is 0 Å². The molecule has 1 atom stereocenters. The number of nitrogens with zero attached hydrogens (tertiary/aromatic N) is 4. The van der Waals surface area contributed by atoms with Gasteiger partial charge < -0.3 is 5.32 Å². The second-order valence-electron chi connectivity index (χ2n) is 7.47. The van der Waals surface area contributed by atoms with Gasteiger partial charge in [-0.1, -0.05) is 12.1 Å². The van der Waals surface area contributed by atoms with Crippen LogP contribution in [0.15, 0.2) is 41.4 Å². The van der Waals surface area contributed by atoms with Crippen LogP contribution >= 0.6 is 0 Å². The van der Waals surface area contributed by atoms with E-state index in [1.54, 1.807) is 18.3 Å². The van der Waals surface area contributed by atoms with Gasteiger partial charge in [0.05, 0.1) is 11.1 Å². The van der Waals surface area contributed by atoms with E-state index in [0.29, 0.717) is 5.92 Å². The Bertz CT molecular complexity index is 1100. The maximum absolute atomic E-state index is 12.3. The Morgan fingerprint density at radius 1 is 1.25 bits per heavy atom. The van der Waals surface area contributed by atoms with Crippen molar-refractivity contribution in [3.8, 4) is 11.1 Å². The number of nitrogens with one attached hydrogen (secondary N) is 1. The van der Waals surface area contributed by atoms with Crippen LogP contribution in [0.1, 0.15) is 31.6 Å². The van der Waals surface area contributed by atoms with Crippen LogP contribution in [0.5, 0.6) is 0 Å². The lowest BCUT2D eigenvalue weighted by Crippen LogP contribution is -2.29. The van der Waals surface area contributed by atoms with Gasteiger partial charge in [-0.05, 0) is 50.1 Å². The summed E-state index contributed by atoms with van der Waals surface area (Å²) in [6.07, 6.45) is 4.09. The minimum atomic E-state index is -3.44. The van der Waals surface area contributed by atoms with Crippen molar-refractivity contribution in [2.45, 2.75) is 30.6 Å². The third kappa shape index (κ3) is 3.32. The summed E-state index contributed by atoms with van der Waals surface area (Å²) in [6.45, 7) is 4.05. The number of sulfonamides is 1. The highest BCUT2D eigenvalue weighted by molar-refractivity contribution is 7.89. The van der Waals surface area contributed by atoms with Crippen molar-refractivity contribution in [2.24, 2.45) is 0 Å². The molecule has 0 spiro atoms. The summed E-state index contributed by atoms with van der Waals surface area (Å²) in [5.41, 5.74) is 4.75. The van der Waals surface area contributed by atoms with Gasteiger partial charge in [0.2, 0.25) is 10.0 Å². The largest absolute Gasteiger partial charge is 0.316 e. The zero-order chi connectivity index (χ0) is 19.9. The van der Waals surface area contributed by atoms with Crippen LogP contribution in [0.3, 0.4) is 0 Å². The molecule has 150 valence electrons. The Kier molecular flexibility index (Phi) is 4.95. The molecule has 2 aromatic heterocycles. The highest BCUT2D eigenvalue weighted by Crippen LogP contribution is 2.29. The molecule has 1 aliphatic rings. The summed E-state index contributed by atoms with van der Waals surface area (Å²) in [7, 11) is -0.382. The summed E-state index contributed by atoms with van der Waals surface area (Å²) in [5, 5.41) is 7.94. The maximum Gasteiger partial charge on any atom is 0.242 e. The van der Waals surface area contributed by atoms with E-state index < -0.39 is 10.0 Å². The van der Waals surface area contributed by atoms with Crippen LogP contribution in [0.4, 0.5) is 0 Å². The van der Waals surface area contributed by atoms with E-state index in [1.165, 1.54) is 18.4 Å². The van der Waals surface area contributed by atoms with E-state index in [-0.39, 0.29) is 6.32 Å². The van der Waals surface area contributed by atoms with Crippen molar-refractivity contribution < 1.29 is 9.84 Å². The second-order valence-corrected chi connectivity index (χ2v) is 9.62. The van der Waals surface area contributed by atoms with Crippen molar-refractivity contribution in [1.29, 1.82) is 0 Å². The molecular formula is C20H27N5O2S. The monoisotopic (exact) mass is 401 g/mol. The first-order valence-electron chi connectivity index (χ1n) is 9.47. The number of aryl methyl sites for hydroxylation is 1. The lowest BCUT2D eigenvalue weighted by molar-refractivity contribution is 0.454. The molecular weight excluding hydrogens is 374 g/mol. The molecule has 0 saturated carbocycles. The van der Waals surface area contributed by atoms with Crippen molar-refractivity contribution in [3.05, 3.63) is 47.9 Å². The van der Waals surface area contributed by atoms with Gasteiger partial charge in [-0.25, -0.2) is 22.2 Å². The highest BCUT2D eigenvalue weighted by Gasteiger charge is 2.20. The molecule has 7 nitrogen and oxygen atoms in total. The first-order chi connectivity index (χ1) is 13.4. The number of hydrogen-bond donors (Lipinski definition) is 1. The van der Waals surface area contributed by atoms with Crippen LogP contribution in [0.2, 0.25) is 0 Å². The van der Waals surface area contributed by atoms with E-state index in [0.717, 1.165) is 54.1 Å². The predicted octanol–water partition coefficient (Wildman–Crippen LogP) is 2.67. The van der Waals surface area contributed by atoms with E-state index in [1.807, 2.05) is 23.6 Å². The second kappa shape index (κ2) is 7.27. The average molecular weight is 402 g/mol. The van der Waals surface area contributed by atoms with Crippen LogP contribution in [-0.2, 0) is 10.0 Å². The minimum absolute atomic E-state index is 0. The fourth-order valence-electron chi connectivity index (χ4n) is 3.67. The third-order valence-corrected chi connectivity index (χ3v) is 7.16. The Morgan fingerprint density at radius 3 is 2.64 bits per heavy atom. The molecule has 3 aromatic rings. The highest BCUT2D eigenvalue weighted by atomic mass is 32.2. The summed E-state index contributed by atoms with van der Waals surface area (Å²) in [6, 6.07) is 9.03. The van der Waals surface area contributed by atoms with Gasteiger partial charge in [0, 0.05) is 44.9 Å². The van der Waals surface area contributed by atoms with Crippen molar-refractivity contribution in [2.75, 3.05) is 27.2 Å². The lowest BCUT2D eigenvalue weighted by atomic mass is 9.95. The molecule has 1 aliphatic heterocycles. The fourth-order valence-corrected chi connectivity index (χ4v) is 4.57. The molecule has 28 heavy (non-hydrogen) atoms. The number of aromatic nitrogens is 3. The summed E-state index contributed by atoms with van der Waals surface area (Å²) >= 11 is 0. The Labute approximate surface area is 166 Å². The van der Waals surface area contributed by atoms with Crippen molar-refractivity contribution in [1.82, 2.24) is 24.2 Å². The molecule has 1 saturated heterocycles. The molecule has 3 heterocycles. The summed E-state index contributed by atoms with van der Waals surface area (Å²) in [4.78, 5) is 5.20. The zero-order valence-electron chi connectivity index (χ0n) is 16.4. The Balaban J connectivity index is 0.00000240. The molecule has 4 rings (SSSR count). The summed E-state index contributed by atoms with van der Waals surface area (Å²) in [5.74, 6) is 0.410. The van der Waals surface area contributed by atoms with Gasteiger partial charge in [0.15, 0.2) is 5.65 Å². The molecule has 1 N–H and O–H groups in total. The number of fused-ring (bicyclic) bond motifs is 1. The molecule has 0 bridgehead atoms. The third-order valence-electron chi connectivity index (χ3n) is 5.33. The first kappa shape index (κ1) is 19.0. The Hall–Kier alpha value is -2.29. The maximum atomic E-state index is 12.3. The Morgan fingerprint density at radius 2 is 2.00 bits per heavy atom. The van der Waals surface area contributed by atoms with Crippen LogP contribution in [0, 0.1) is 6.92 Å². The van der Waals surface area contributed by atoms with Gasteiger partial charge >= 0.3 is 0 Å². The van der Waals surface area contributed by atoms with Gasteiger partial charge in [0.1, 0.15) is 0 Å². The number of rotatable bonds is 4. The standard InChI is InChI=1S/C20H25N5O2S.H2/c1-14-11-19(16-5-4-10-21-12-16)23-20-18(13-22-25(14)20)15-6-8-17(9-7-15)28(26,27)24(2)3;/h6-9,11,13,16,21H,4-5,10,12H2,1-3H3;1H. The van der Waals surface area contributed by atoms with E-state index in [4.69, 9.17) is 4.98 Å². The van der Waals surface area contributed by atoms with E-state index >= 15 is 0 Å². The summed E-state index contributed by atoms with van der Waals surface area (Å²) < 4.78 is 27.7. The topological polar surface area (TPSA) is 79.6 Å². The average Bonchev–Trinajstić information content (AvgIpc) is 3.13. The molecule has 0 radical (unpaired) electrons. The minimum Gasteiger partial charge on any atom is -0.316 e. The zero-order valence-corrected chi connectivity index (χ0v) is 17.2. The lowest BCUT2D eigenvalue weighted by Gasteiger charge is -2.22. The van der Waals surface area contributed by atoms with Crippen LogP contribution in [-0.4, -0.2) is 54.5 Å². The van der Waals surface area contributed by atoms with Gasteiger partial charge in [0.25, 0.3) is 0 Å².